The average molecular weight is 331 g/mol. The first-order valence-corrected chi connectivity index (χ1v) is 7.32. The van der Waals surface area contributed by atoms with E-state index in [2.05, 4.69) is 15.9 Å². The molecule has 2 N–H and O–H groups in total. The number of nitrogens with two attached hydrogens (primary N) is 1. The second-order valence-electron chi connectivity index (χ2n) is 5.06. The van der Waals surface area contributed by atoms with Crippen molar-refractivity contribution < 1.29 is 4.79 Å². The van der Waals surface area contributed by atoms with Crippen LogP contribution in [0.2, 0.25) is 0 Å². The maximum absolute atomic E-state index is 12.6. The number of fused-ring (bicyclic) bond motifs is 1. The summed E-state index contributed by atoms with van der Waals surface area (Å²) in [6, 6.07) is 11.4. The summed E-state index contributed by atoms with van der Waals surface area (Å²) in [7, 11) is 0. The van der Waals surface area contributed by atoms with Crippen molar-refractivity contribution in [3.05, 3.63) is 57.6 Å². The number of hydrogen-bond acceptors (Lipinski definition) is 2. The van der Waals surface area contributed by atoms with Gasteiger partial charge >= 0.3 is 0 Å². The molecule has 0 saturated heterocycles. The van der Waals surface area contributed by atoms with Gasteiger partial charge in [0.1, 0.15) is 0 Å². The lowest BCUT2D eigenvalue weighted by Gasteiger charge is -2.18. The zero-order chi connectivity index (χ0) is 14.3. The number of carbonyl (C=O) groups excluding carboxylic acids is 1. The van der Waals surface area contributed by atoms with Crippen LogP contribution < -0.4 is 10.6 Å². The van der Waals surface area contributed by atoms with E-state index in [1.54, 1.807) is 0 Å². The average Bonchev–Trinajstić information content (AvgIpc) is 2.84. The molecule has 0 radical (unpaired) electrons. The SMILES string of the molecule is Cc1cc(C(=O)N2CCc3cc(N)ccc32)ccc1Br. The third-order valence-electron chi connectivity index (χ3n) is 3.65. The normalized spacial score (nSPS) is 13.4. The van der Waals surface area contributed by atoms with Crippen LogP contribution in [0.15, 0.2) is 40.9 Å². The van der Waals surface area contributed by atoms with Crippen molar-refractivity contribution >= 4 is 33.2 Å². The molecule has 20 heavy (non-hydrogen) atoms. The highest BCUT2D eigenvalue weighted by atomic mass is 79.9. The van der Waals surface area contributed by atoms with Gasteiger partial charge in [-0.05, 0) is 60.9 Å². The Bertz CT molecular complexity index is 697. The van der Waals surface area contributed by atoms with Crippen LogP contribution in [0.5, 0.6) is 0 Å². The Kier molecular flexibility index (Phi) is 3.26. The molecule has 1 aliphatic rings. The second-order valence-corrected chi connectivity index (χ2v) is 5.91. The fourth-order valence-corrected chi connectivity index (χ4v) is 2.81. The molecule has 0 unspecified atom stereocenters. The topological polar surface area (TPSA) is 46.3 Å². The molecular formula is C16H15BrN2O. The highest BCUT2D eigenvalue weighted by molar-refractivity contribution is 9.10. The predicted octanol–water partition coefficient (Wildman–Crippen LogP) is 3.54. The predicted molar refractivity (Wildman–Crippen MR) is 85.1 cm³/mol. The van der Waals surface area contributed by atoms with Gasteiger partial charge in [0.25, 0.3) is 5.91 Å². The molecule has 0 spiro atoms. The first kappa shape index (κ1) is 13.2. The molecule has 0 saturated carbocycles. The minimum atomic E-state index is 0.0455. The third-order valence-corrected chi connectivity index (χ3v) is 4.54. The molecule has 102 valence electrons. The molecule has 1 amide bonds. The van der Waals surface area contributed by atoms with E-state index in [1.165, 1.54) is 0 Å². The molecule has 3 nitrogen and oxygen atoms in total. The van der Waals surface area contributed by atoms with Crippen LogP contribution in [-0.2, 0) is 6.42 Å². The zero-order valence-corrected chi connectivity index (χ0v) is 12.8. The van der Waals surface area contributed by atoms with Crippen molar-refractivity contribution in [2.24, 2.45) is 0 Å². The van der Waals surface area contributed by atoms with Gasteiger partial charge < -0.3 is 10.6 Å². The molecule has 0 bridgehead atoms. The first-order valence-electron chi connectivity index (χ1n) is 6.52. The summed E-state index contributed by atoms with van der Waals surface area (Å²) in [5.74, 6) is 0.0455. The maximum Gasteiger partial charge on any atom is 0.258 e. The van der Waals surface area contributed by atoms with Crippen LogP contribution in [0, 0.1) is 6.92 Å². The van der Waals surface area contributed by atoms with Crippen LogP contribution in [0.25, 0.3) is 0 Å². The van der Waals surface area contributed by atoms with Gasteiger partial charge in [0.2, 0.25) is 0 Å². The summed E-state index contributed by atoms with van der Waals surface area (Å²) in [5, 5.41) is 0. The quantitative estimate of drug-likeness (QED) is 0.813. The van der Waals surface area contributed by atoms with Gasteiger partial charge in [-0.2, -0.15) is 0 Å². The number of hydrogen-bond donors (Lipinski definition) is 1. The molecule has 1 heterocycles. The summed E-state index contributed by atoms with van der Waals surface area (Å²) < 4.78 is 1.02. The number of halogens is 1. The van der Waals surface area contributed by atoms with Crippen LogP contribution in [0.1, 0.15) is 21.5 Å². The smallest absolute Gasteiger partial charge is 0.258 e. The van der Waals surface area contributed by atoms with Crippen LogP contribution in [0.3, 0.4) is 0 Å². The molecular weight excluding hydrogens is 316 g/mol. The number of aryl methyl sites for hydroxylation is 1. The monoisotopic (exact) mass is 330 g/mol. The highest BCUT2D eigenvalue weighted by Gasteiger charge is 2.25. The third kappa shape index (κ3) is 2.20. The van der Waals surface area contributed by atoms with Gasteiger partial charge in [0.05, 0.1) is 0 Å². The lowest BCUT2D eigenvalue weighted by Crippen LogP contribution is -2.28. The van der Waals surface area contributed by atoms with Gasteiger partial charge in [-0.25, -0.2) is 0 Å². The largest absolute Gasteiger partial charge is 0.399 e. The van der Waals surface area contributed by atoms with E-state index in [9.17, 15) is 4.79 Å². The van der Waals surface area contributed by atoms with Gasteiger partial charge in [0.15, 0.2) is 0 Å². The second kappa shape index (κ2) is 4.94. The Morgan fingerprint density at radius 2 is 2.05 bits per heavy atom. The van der Waals surface area contributed by atoms with E-state index in [-0.39, 0.29) is 5.91 Å². The fraction of sp³-hybridized carbons (Fsp3) is 0.188. The highest BCUT2D eigenvalue weighted by Crippen LogP contribution is 2.31. The Morgan fingerprint density at radius 3 is 2.80 bits per heavy atom. The van der Waals surface area contributed by atoms with Crippen molar-refractivity contribution in [2.75, 3.05) is 17.2 Å². The Balaban J connectivity index is 1.95. The summed E-state index contributed by atoms with van der Waals surface area (Å²) in [4.78, 5) is 14.5. The van der Waals surface area contributed by atoms with Crippen molar-refractivity contribution in [1.29, 1.82) is 0 Å². The van der Waals surface area contributed by atoms with Crippen molar-refractivity contribution in [1.82, 2.24) is 0 Å². The van der Waals surface area contributed by atoms with Crippen LogP contribution in [-0.4, -0.2) is 12.5 Å². The van der Waals surface area contributed by atoms with Crippen molar-refractivity contribution in [2.45, 2.75) is 13.3 Å². The molecule has 0 aromatic heterocycles. The van der Waals surface area contributed by atoms with Gasteiger partial charge in [-0.1, -0.05) is 15.9 Å². The Hall–Kier alpha value is -1.81. The minimum absolute atomic E-state index is 0.0455. The Labute approximate surface area is 126 Å². The first-order chi connectivity index (χ1) is 9.56. The van der Waals surface area contributed by atoms with Gasteiger partial charge in [-0.3, -0.25) is 4.79 Å². The molecule has 1 aliphatic heterocycles. The lowest BCUT2D eigenvalue weighted by atomic mass is 10.1. The molecule has 2 aromatic carbocycles. The molecule has 0 atom stereocenters. The minimum Gasteiger partial charge on any atom is -0.399 e. The number of rotatable bonds is 1. The number of carbonyl (C=O) groups is 1. The molecule has 2 aromatic rings. The van der Waals surface area contributed by atoms with E-state index < -0.39 is 0 Å². The molecule has 0 fully saturated rings. The summed E-state index contributed by atoms with van der Waals surface area (Å²) >= 11 is 3.46. The van der Waals surface area contributed by atoms with E-state index in [0.717, 1.165) is 39.0 Å². The standard InChI is InChI=1S/C16H15BrN2O/c1-10-8-12(2-4-14(10)17)16(20)19-7-6-11-9-13(18)3-5-15(11)19/h2-5,8-9H,6-7,18H2,1H3. The fourth-order valence-electron chi connectivity index (χ4n) is 2.57. The van der Waals surface area contributed by atoms with Crippen molar-refractivity contribution in [3.8, 4) is 0 Å². The van der Waals surface area contributed by atoms with Crippen LogP contribution in [0.4, 0.5) is 11.4 Å². The van der Waals surface area contributed by atoms with Crippen molar-refractivity contribution in [3.63, 3.8) is 0 Å². The number of anilines is 2. The molecule has 0 aliphatic carbocycles. The Morgan fingerprint density at radius 1 is 1.25 bits per heavy atom. The van der Waals surface area contributed by atoms with E-state index in [1.807, 2.05) is 48.2 Å². The summed E-state index contributed by atoms with van der Waals surface area (Å²) in [6.07, 6.45) is 0.863. The van der Waals surface area contributed by atoms with Gasteiger partial charge in [0, 0.05) is 28.0 Å². The summed E-state index contributed by atoms with van der Waals surface area (Å²) in [6.45, 7) is 2.70. The van der Waals surface area contributed by atoms with Crippen LogP contribution >= 0.6 is 15.9 Å². The van der Waals surface area contributed by atoms with E-state index in [4.69, 9.17) is 5.73 Å². The number of nitrogen functional groups attached to an aromatic ring is 1. The number of benzene rings is 2. The zero-order valence-electron chi connectivity index (χ0n) is 11.2. The molecule has 3 rings (SSSR count). The summed E-state index contributed by atoms with van der Waals surface area (Å²) in [5.41, 5.74) is 10.4. The lowest BCUT2D eigenvalue weighted by molar-refractivity contribution is 0.0989. The van der Waals surface area contributed by atoms with E-state index in [0.29, 0.717) is 6.54 Å². The van der Waals surface area contributed by atoms with E-state index >= 15 is 0 Å². The number of nitrogens with zero attached hydrogens (tertiary/aromatic N) is 1. The maximum atomic E-state index is 12.6. The number of amides is 1. The van der Waals surface area contributed by atoms with Gasteiger partial charge in [-0.15, -0.1) is 0 Å². The molecule has 4 heteroatoms.